The molecule has 12 heteroatoms. The number of sulfonamides is 1. The molecule has 0 spiro atoms. The second-order valence-corrected chi connectivity index (χ2v) is 9.44. The Labute approximate surface area is 172 Å². The summed E-state index contributed by atoms with van der Waals surface area (Å²) < 4.78 is 69.1. The van der Waals surface area contributed by atoms with Gasteiger partial charge in [-0.25, -0.2) is 8.42 Å². The first-order chi connectivity index (χ1) is 13.8. The highest BCUT2D eigenvalue weighted by Crippen LogP contribution is 2.28. The Hall–Kier alpha value is -2.47. The van der Waals surface area contributed by atoms with E-state index in [1.165, 1.54) is 28.6 Å². The van der Waals surface area contributed by atoms with Crippen molar-refractivity contribution < 1.29 is 30.8 Å². The zero-order valence-corrected chi connectivity index (χ0v) is 17.7. The molecule has 1 aromatic heterocycles. The summed E-state index contributed by atoms with van der Waals surface area (Å²) in [7, 11) is -3.77. The summed E-state index contributed by atoms with van der Waals surface area (Å²) >= 11 is 0. The Kier molecular flexibility index (Phi) is 7.24. The zero-order valence-electron chi connectivity index (χ0n) is 16.9. The number of nitrogens with one attached hydrogen (secondary N) is 1. The summed E-state index contributed by atoms with van der Waals surface area (Å²) in [5, 5.41) is 7.96. The fourth-order valence-electron chi connectivity index (χ4n) is 2.57. The lowest BCUT2D eigenvalue weighted by Gasteiger charge is -2.25. The quantitative estimate of drug-likeness (QED) is 0.661. The van der Waals surface area contributed by atoms with Crippen LogP contribution in [0.1, 0.15) is 43.9 Å². The minimum atomic E-state index is -4.83. The molecule has 0 aliphatic heterocycles. The third kappa shape index (κ3) is 6.02. The van der Waals surface area contributed by atoms with Crippen molar-refractivity contribution in [2.45, 2.75) is 38.8 Å². The summed E-state index contributed by atoms with van der Waals surface area (Å²) in [6.07, 6.45) is -4.83. The number of aromatic nitrogens is 2. The van der Waals surface area contributed by atoms with Gasteiger partial charge in [-0.15, -0.1) is 5.10 Å². The molecule has 1 N–H and O–H groups in total. The Morgan fingerprint density at radius 2 is 1.60 bits per heavy atom. The fourth-order valence-corrected chi connectivity index (χ4v) is 4.34. The Morgan fingerprint density at radius 1 is 1.07 bits per heavy atom. The summed E-state index contributed by atoms with van der Waals surface area (Å²) in [6, 6.07) is 4.34. The van der Waals surface area contributed by atoms with Crippen LogP contribution in [0.2, 0.25) is 0 Å². The van der Waals surface area contributed by atoms with Crippen molar-refractivity contribution in [3.63, 3.8) is 0 Å². The van der Waals surface area contributed by atoms with Gasteiger partial charge in [-0.1, -0.05) is 32.8 Å². The second-order valence-electron chi connectivity index (χ2n) is 7.50. The monoisotopic (exact) mass is 448 g/mol. The molecule has 0 radical (unpaired) electrons. The van der Waals surface area contributed by atoms with E-state index in [2.05, 4.69) is 14.6 Å². The Balaban J connectivity index is 2.18. The number of nitrogens with zero attached hydrogens (tertiary/aromatic N) is 3. The Bertz CT molecular complexity index is 960. The molecule has 30 heavy (non-hydrogen) atoms. The third-order valence-electron chi connectivity index (χ3n) is 3.78. The van der Waals surface area contributed by atoms with E-state index in [1.807, 2.05) is 33.0 Å². The summed E-state index contributed by atoms with van der Waals surface area (Å²) in [5.41, 5.74) is 0.0139. The number of rotatable bonds is 8. The van der Waals surface area contributed by atoms with Crippen LogP contribution in [0.3, 0.4) is 0 Å². The lowest BCUT2D eigenvalue weighted by Crippen LogP contribution is -2.37. The molecule has 1 heterocycles. The van der Waals surface area contributed by atoms with Gasteiger partial charge >= 0.3 is 18.1 Å². The number of halogens is 3. The van der Waals surface area contributed by atoms with Gasteiger partial charge in [-0.05, 0) is 36.1 Å². The number of hydrogen-bond donors (Lipinski definition) is 1. The molecule has 0 saturated carbocycles. The molecule has 0 fully saturated rings. The number of anilines is 1. The van der Waals surface area contributed by atoms with Gasteiger partial charge < -0.3 is 4.42 Å². The van der Waals surface area contributed by atoms with Gasteiger partial charge in [0.2, 0.25) is 10.0 Å². The van der Waals surface area contributed by atoms with E-state index in [0.29, 0.717) is 13.1 Å². The highest BCUT2D eigenvalue weighted by atomic mass is 32.2. The maximum atomic E-state index is 13.0. The van der Waals surface area contributed by atoms with Crippen LogP contribution in [0.5, 0.6) is 0 Å². The van der Waals surface area contributed by atoms with Crippen LogP contribution < -0.4 is 5.32 Å². The van der Waals surface area contributed by atoms with Gasteiger partial charge in [-0.2, -0.15) is 17.5 Å². The SMILES string of the molecule is CC(C)CN(CC(C)C)S(=O)(=O)c1ccc(C(=O)Nc2nnc(C(F)(F)F)o2)cc1. The molecule has 0 atom stereocenters. The standard InChI is InChI=1S/C18H23F3N4O4S/c1-11(2)9-25(10-12(3)4)30(27,28)14-7-5-13(6-8-14)15(26)22-17-24-23-16(29-17)18(19,20)21/h5-8,11-12H,9-10H2,1-4H3,(H,22,24,26). The van der Waals surface area contributed by atoms with Gasteiger partial charge in [-0.3, -0.25) is 10.1 Å². The van der Waals surface area contributed by atoms with Gasteiger partial charge in [0.25, 0.3) is 5.91 Å². The number of benzene rings is 1. The zero-order chi connectivity index (χ0) is 22.7. The van der Waals surface area contributed by atoms with Crippen LogP contribution in [-0.2, 0) is 16.2 Å². The second kappa shape index (κ2) is 9.13. The van der Waals surface area contributed by atoms with Crippen molar-refractivity contribution in [3.8, 4) is 0 Å². The molecule has 2 aromatic rings. The van der Waals surface area contributed by atoms with Crippen molar-refractivity contribution >= 4 is 21.9 Å². The lowest BCUT2D eigenvalue weighted by molar-refractivity contribution is -0.156. The van der Waals surface area contributed by atoms with E-state index < -0.39 is 34.0 Å². The summed E-state index contributed by atoms with van der Waals surface area (Å²) in [5.74, 6) is -2.16. The molecule has 8 nitrogen and oxygen atoms in total. The van der Waals surface area contributed by atoms with E-state index in [4.69, 9.17) is 0 Å². The van der Waals surface area contributed by atoms with E-state index in [-0.39, 0.29) is 22.3 Å². The van der Waals surface area contributed by atoms with E-state index >= 15 is 0 Å². The van der Waals surface area contributed by atoms with Gasteiger partial charge in [0.05, 0.1) is 4.90 Å². The average molecular weight is 448 g/mol. The van der Waals surface area contributed by atoms with Crippen molar-refractivity contribution in [1.29, 1.82) is 0 Å². The molecule has 0 aliphatic rings. The van der Waals surface area contributed by atoms with Gasteiger partial charge in [0.1, 0.15) is 0 Å². The van der Waals surface area contributed by atoms with Crippen LogP contribution >= 0.6 is 0 Å². The first kappa shape index (κ1) is 23.8. The molecule has 0 unspecified atom stereocenters. The van der Waals surface area contributed by atoms with Crippen LogP contribution in [0.15, 0.2) is 33.6 Å². The van der Waals surface area contributed by atoms with Crippen molar-refractivity contribution in [2.75, 3.05) is 18.4 Å². The maximum absolute atomic E-state index is 13.0. The predicted octanol–water partition coefficient (Wildman–Crippen LogP) is 3.64. The fraction of sp³-hybridized carbons (Fsp3) is 0.500. The predicted molar refractivity (Wildman–Crippen MR) is 102 cm³/mol. The topological polar surface area (TPSA) is 105 Å². The van der Waals surface area contributed by atoms with E-state index in [0.717, 1.165) is 0 Å². The smallest absolute Gasteiger partial charge is 0.399 e. The molecular formula is C18H23F3N4O4S. The Morgan fingerprint density at radius 3 is 2.03 bits per heavy atom. The van der Waals surface area contributed by atoms with Crippen molar-refractivity contribution in [3.05, 3.63) is 35.7 Å². The number of amides is 1. The minimum Gasteiger partial charge on any atom is -0.399 e. The number of carbonyl (C=O) groups excluding carboxylic acids is 1. The van der Waals surface area contributed by atoms with Crippen LogP contribution in [0.4, 0.5) is 19.2 Å². The van der Waals surface area contributed by atoms with Crippen LogP contribution in [-0.4, -0.2) is 41.9 Å². The van der Waals surface area contributed by atoms with E-state index in [9.17, 15) is 26.4 Å². The summed E-state index contributed by atoms with van der Waals surface area (Å²) in [4.78, 5) is 12.2. The lowest BCUT2D eigenvalue weighted by atomic mass is 10.2. The normalized spacial score (nSPS) is 12.7. The van der Waals surface area contributed by atoms with Crippen LogP contribution in [0.25, 0.3) is 0 Å². The maximum Gasteiger partial charge on any atom is 0.470 e. The number of alkyl halides is 3. The first-order valence-electron chi connectivity index (χ1n) is 9.13. The highest BCUT2D eigenvalue weighted by Gasteiger charge is 2.38. The molecular weight excluding hydrogens is 425 g/mol. The van der Waals surface area contributed by atoms with Gasteiger partial charge in [0, 0.05) is 18.7 Å². The highest BCUT2D eigenvalue weighted by molar-refractivity contribution is 7.89. The third-order valence-corrected chi connectivity index (χ3v) is 5.63. The van der Waals surface area contributed by atoms with Crippen molar-refractivity contribution in [2.24, 2.45) is 11.8 Å². The largest absolute Gasteiger partial charge is 0.470 e. The molecule has 0 aliphatic carbocycles. The molecule has 1 aromatic carbocycles. The molecule has 2 rings (SSSR count). The van der Waals surface area contributed by atoms with Crippen molar-refractivity contribution in [1.82, 2.24) is 14.5 Å². The molecule has 0 saturated heterocycles. The number of carbonyl (C=O) groups is 1. The van der Waals surface area contributed by atoms with Crippen LogP contribution in [0, 0.1) is 11.8 Å². The van der Waals surface area contributed by atoms with E-state index in [1.54, 1.807) is 0 Å². The van der Waals surface area contributed by atoms with Gasteiger partial charge in [0.15, 0.2) is 0 Å². The molecule has 1 amide bonds. The number of hydrogen-bond acceptors (Lipinski definition) is 6. The first-order valence-corrected chi connectivity index (χ1v) is 10.6. The molecule has 166 valence electrons. The minimum absolute atomic E-state index is 0.0116. The molecule has 0 bridgehead atoms. The summed E-state index contributed by atoms with van der Waals surface area (Å²) in [6.45, 7) is 8.36. The average Bonchev–Trinajstić information content (AvgIpc) is 3.09.